The Kier molecular flexibility index (Phi) is 4.10. The number of sulfone groups is 1. The summed E-state index contributed by atoms with van der Waals surface area (Å²) in [5, 5.41) is 4.99. The lowest BCUT2D eigenvalue weighted by Gasteiger charge is -2.24. The van der Waals surface area contributed by atoms with Gasteiger partial charge in [-0.2, -0.15) is 0 Å². The van der Waals surface area contributed by atoms with Crippen LogP contribution in [-0.4, -0.2) is 45.0 Å². The topological polar surface area (TPSA) is 75.3 Å². The van der Waals surface area contributed by atoms with Crippen molar-refractivity contribution in [2.45, 2.75) is 31.1 Å². The third-order valence-corrected chi connectivity index (χ3v) is 4.20. The standard InChI is InChI=1S/C9H18N2O3S/c1-7(15(2,13)14)9(12)11-8-3-5-10-6-4-8/h7-8,10H,3-6H2,1-2H3,(H,11,12). The Morgan fingerprint density at radius 1 is 1.40 bits per heavy atom. The van der Waals surface area contributed by atoms with Gasteiger partial charge in [0.25, 0.3) is 0 Å². The summed E-state index contributed by atoms with van der Waals surface area (Å²) < 4.78 is 22.3. The molecule has 0 radical (unpaired) electrons. The van der Waals surface area contributed by atoms with Crippen molar-refractivity contribution in [2.24, 2.45) is 0 Å². The Bertz CT molecular complexity index is 320. The molecule has 0 spiro atoms. The molecule has 1 aliphatic rings. The lowest BCUT2D eigenvalue weighted by Crippen LogP contribution is -2.47. The number of nitrogens with one attached hydrogen (secondary N) is 2. The Hall–Kier alpha value is -0.620. The molecule has 0 aromatic rings. The van der Waals surface area contributed by atoms with Gasteiger partial charge in [0.15, 0.2) is 9.84 Å². The molecule has 0 saturated carbocycles. The first-order valence-electron chi connectivity index (χ1n) is 5.11. The molecule has 1 saturated heterocycles. The summed E-state index contributed by atoms with van der Waals surface area (Å²) in [6.07, 6.45) is 2.81. The van der Waals surface area contributed by atoms with Crippen LogP contribution in [0.2, 0.25) is 0 Å². The van der Waals surface area contributed by atoms with Gasteiger partial charge >= 0.3 is 0 Å². The summed E-state index contributed by atoms with van der Waals surface area (Å²) in [7, 11) is -3.28. The van der Waals surface area contributed by atoms with Gasteiger partial charge in [-0.05, 0) is 32.9 Å². The fraction of sp³-hybridized carbons (Fsp3) is 0.889. The van der Waals surface area contributed by atoms with E-state index < -0.39 is 15.1 Å². The van der Waals surface area contributed by atoms with E-state index >= 15 is 0 Å². The maximum atomic E-state index is 11.5. The van der Waals surface area contributed by atoms with Crippen LogP contribution in [0.5, 0.6) is 0 Å². The summed E-state index contributed by atoms with van der Waals surface area (Å²) in [5.41, 5.74) is 0. The molecular formula is C9H18N2O3S. The van der Waals surface area contributed by atoms with Crippen molar-refractivity contribution in [3.63, 3.8) is 0 Å². The maximum Gasteiger partial charge on any atom is 0.238 e. The first-order chi connectivity index (χ1) is 6.91. The highest BCUT2D eigenvalue weighted by Gasteiger charge is 2.25. The van der Waals surface area contributed by atoms with Crippen LogP contribution < -0.4 is 10.6 Å². The number of hydrogen-bond acceptors (Lipinski definition) is 4. The second kappa shape index (κ2) is 4.94. The molecular weight excluding hydrogens is 216 g/mol. The lowest BCUT2D eigenvalue weighted by atomic mass is 10.1. The average molecular weight is 234 g/mol. The highest BCUT2D eigenvalue weighted by atomic mass is 32.2. The molecule has 1 fully saturated rings. The monoisotopic (exact) mass is 234 g/mol. The van der Waals surface area contributed by atoms with Crippen molar-refractivity contribution in [3.8, 4) is 0 Å². The van der Waals surface area contributed by atoms with Crippen molar-refractivity contribution < 1.29 is 13.2 Å². The Morgan fingerprint density at radius 3 is 2.40 bits per heavy atom. The van der Waals surface area contributed by atoms with Crippen molar-refractivity contribution in [3.05, 3.63) is 0 Å². The zero-order valence-corrected chi connectivity index (χ0v) is 9.93. The Morgan fingerprint density at radius 2 is 1.93 bits per heavy atom. The molecule has 0 aliphatic carbocycles. The normalized spacial score (nSPS) is 20.9. The summed E-state index contributed by atoms with van der Waals surface area (Å²) in [6, 6.07) is 0.114. The third-order valence-electron chi connectivity index (χ3n) is 2.70. The van der Waals surface area contributed by atoms with Crippen molar-refractivity contribution >= 4 is 15.7 Å². The van der Waals surface area contributed by atoms with Gasteiger partial charge in [-0.15, -0.1) is 0 Å². The maximum absolute atomic E-state index is 11.5. The van der Waals surface area contributed by atoms with Gasteiger partial charge in [-0.1, -0.05) is 0 Å². The van der Waals surface area contributed by atoms with Crippen LogP contribution in [0.15, 0.2) is 0 Å². The molecule has 1 heterocycles. The van der Waals surface area contributed by atoms with Crippen LogP contribution in [0, 0.1) is 0 Å². The second-order valence-electron chi connectivity index (χ2n) is 4.00. The molecule has 0 bridgehead atoms. The predicted molar refractivity (Wildman–Crippen MR) is 58.3 cm³/mol. The highest BCUT2D eigenvalue weighted by molar-refractivity contribution is 7.92. The van der Waals surface area contributed by atoms with Crippen LogP contribution in [0.3, 0.4) is 0 Å². The van der Waals surface area contributed by atoms with Crippen LogP contribution in [0.4, 0.5) is 0 Å². The van der Waals surface area contributed by atoms with Crippen LogP contribution >= 0.6 is 0 Å². The second-order valence-corrected chi connectivity index (χ2v) is 6.37. The predicted octanol–water partition coefficient (Wildman–Crippen LogP) is -0.712. The molecule has 0 aromatic heterocycles. The summed E-state index contributed by atoms with van der Waals surface area (Å²) in [6.45, 7) is 3.17. The Labute approximate surface area is 90.5 Å². The number of piperidine rings is 1. The highest BCUT2D eigenvalue weighted by Crippen LogP contribution is 2.04. The molecule has 1 rings (SSSR count). The molecule has 1 amide bonds. The average Bonchev–Trinajstić information content (AvgIpc) is 2.16. The van der Waals surface area contributed by atoms with Gasteiger partial charge in [0.2, 0.25) is 5.91 Å². The van der Waals surface area contributed by atoms with Crippen LogP contribution in [0.1, 0.15) is 19.8 Å². The van der Waals surface area contributed by atoms with Gasteiger partial charge in [0.1, 0.15) is 5.25 Å². The Balaban J connectivity index is 2.47. The van der Waals surface area contributed by atoms with Crippen molar-refractivity contribution in [1.29, 1.82) is 0 Å². The zero-order valence-electron chi connectivity index (χ0n) is 9.12. The summed E-state index contributed by atoms with van der Waals surface area (Å²) >= 11 is 0. The zero-order chi connectivity index (χ0) is 11.5. The number of carbonyl (C=O) groups excluding carboxylic acids is 1. The summed E-state index contributed by atoms with van der Waals surface area (Å²) in [4.78, 5) is 11.5. The number of rotatable bonds is 3. The molecule has 88 valence electrons. The van der Waals surface area contributed by atoms with Gasteiger partial charge in [-0.3, -0.25) is 4.79 Å². The fourth-order valence-corrected chi connectivity index (χ4v) is 1.94. The van der Waals surface area contributed by atoms with Gasteiger partial charge in [-0.25, -0.2) is 8.42 Å². The number of hydrogen-bond donors (Lipinski definition) is 2. The van der Waals surface area contributed by atoms with Gasteiger partial charge in [0.05, 0.1) is 0 Å². The van der Waals surface area contributed by atoms with E-state index in [9.17, 15) is 13.2 Å². The summed E-state index contributed by atoms with van der Waals surface area (Å²) in [5.74, 6) is -0.385. The van der Waals surface area contributed by atoms with E-state index in [0.29, 0.717) is 0 Å². The molecule has 1 atom stereocenters. The minimum atomic E-state index is -3.28. The quantitative estimate of drug-likeness (QED) is 0.676. The molecule has 6 heteroatoms. The SMILES string of the molecule is CC(C(=O)NC1CCNCC1)S(C)(=O)=O. The van der Waals surface area contributed by atoms with E-state index in [4.69, 9.17) is 0 Å². The smallest absolute Gasteiger partial charge is 0.238 e. The molecule has 1 aliphatic heterocycles. The third kappa shape index (κ3) is 3.79. The minimum Gasteiger partial charge on any atom is -0.352 e. The first kappa shape index (κ1) is 12.4. The van der Waals surface area contributed by atoms with Crippen LogP contribution in [-0.2, 0) is 14.6 Å². The van der Waals surface area contributed by atoms with E-state index in [0.717, 1.165) is 32.2 Å². The van der Waals surface area contributed by atoms with E-state index in [1.807, 2.05) is 0 Å². The fourth-order valence-electron chi connectivity index (χ4n) is 1.48. The number of carbonyl (C=O) groups is 1. The van der Waals surface area contributed by atoms with Crippen molar-refractivity contribution in [1.82, 2.24) is 10.6 Å². The molecule has 0 aromatic carbocycles. The van der Waals surface area contributed by atoms with E-state index in [1.165, 1.54) is 6.92 Å². The van der Waals surface area contributed by atoms with E-state index in [1.54, 1.807) is 0 Å². The molecule has 15 heavy (non-hydrogen) atoms. The lowest BCUT2D eigenvalue weighted by molar-refractivity contribution is -0.121. The molecule has 1 unspecified atom stereocenters. The van der Waals surface area contributed by atoms with Crippen LogP contribution in [0.25, 0.3) is 0 Å². The van der Waals surface area contributed by atoms with E-state index in [-0.39, 0.29) is 11.9 Å². The van der Waals surface area contributed by atoms with E-state index in [2.05, 4.69) is 10.6 Å². The number of amides is 1. The minimum absolute atomic E-state index is 0.114. The first-order valence-corrected chi connectivity index (χ1v) is 7.06. The molecule has 2 N–H and O–H groups in total. The van der Waals surface area contributed by atoms with Gasteiger partial charge < -0.3 is 10.6 Å². The van der Waals surface area contributed by atoms with Crippen molar-refractivity contribution in [2.75, 3.05) is 19.3 Å². The molecule has 5 nitrogen and oxygen atoms in total. The largest absolute Gasteiger partial charge is 0.352 e. The van der Waals surface area contributed by atoms with Gasteiger partial charge in [0, 0.05) is 12.3 Å².